The summed E-state index contributed by atoms with van der Waals surface area (Å²) in [6.45, 7) is 0.524. The maximum Gasteiger partial charge on any atom is 0.320 e. The molecule has 1 aromatic carbocycles. The summed E-state index contributed by atoms with van der Waals surface area (Å²) >= 11 is 11.7. The second-order valence-electron chi connectivity index (χ2n) is 3.29. The van der Waals surface area contributed by atoms with Crippen molar-refractivity contribution in [3.63, 3.8) is 0 Å². The highest BCUT2D eigenvalue weighted by atomic mass is 35.5. The van der Waals surface area contributed by atoms with Crippen LogP contribution in [0, 0.1) is 0 Å². The second kappa shape index (κ2) is 5.35. The van der Waals surface area contributed by atoms with Gasteiger partial charge in [-0.3, -0.25) is 0 Å². The van der Waals surface area contributed by atoms with Crippen LogP contribution < -0.4 is 10.6 Å². The molecule has 1 aromatic heterocycles. The number of anilines is 2. The summed E-state index contributed by atoms with van der Waals surface area (Å²) in [6, 6.07) is 5.47. The van der Waals surface area contributed by atoms with Crippen molar-refractivity contribution in [2.75, 3.05) is 12.4 Å². The number of rotatable bonds is 4. The topological polar surface area (TPSA) is 63.0 Å². The van der Waals surface area contributed by atoms with E-state index in [4.69, 9.17) is 27.6 Å². The highest BCUT2D eigenvalue weighted by molar-refractivity contribution is 6.42. The lowest BCUT2D eigenvalue weighted by Crippen LogP contribution is -2.04. The summed E-state index contributed by atoms with van der Waals surface area (Å²) in [7, 11) is 1.80. The molecule has 0 aliphatic rings. The van der Waals surface area contributed by atoms with E-state index in [0.29, 0.717) is 28.5 Å². The zero-order valence-corrected chi connectivity index (χ0v) is 10.5. The first-order valence-corrected chi connectivity index (χ1v) is 5.63. The molecule has 0 saturated carbocycles. The van der Waals surface area contributed by atoms with E-state index in [0.717, 1.165) is 5.69 Å². The van der Waals surface area contributed by atoms with Gasteiger partial charge in [0.15, 0.2) is 0 Å². The molecule has 0 fully saturated rings. The van der Waals surface area contributed by atoms with E-state index in [-0.39, 0.29) is 0 Å². The first-order valence-electron chi connectivity index (χ1n) is 4.88. The van der Waals surface area contributed by atoms with Gasteiger partial charge in [-0.15, -0.1) is 5.10 Å². The predicted molar refractivity (Wildman–Crippen MR) is 66.8 cm³/mol. The number of aromatic nitrogens is 2. The van der Waals surface area contributed by atoms with Crippen molar-refractivity contribution in [2.24, 2.45) is 0 Å². The molecule has 2 N–H and O–H groups in total. The van der Waals surface area contributed by atoms with Crippen LogP contribution in [-0.4, -0.2) is 17.2 Å². The Balaban J connectivity index is 2.11. The molecule has 2 rings (SSSR count). The Bertz CT molecular complexity index is 515. The first-order chi connectivity index (χ1) is 8.19. The molecule has 0 bridgehead atoms. The fourth-order valence-electron chi connectivity index (χ4n) is 1.22. The minimum absolute atomic E-state index is 0.314. The third kappa shape index (κ3) is 3.09. The van der Waals surface area contributed by atoms with Gasteiger partial charge in [-0.05, 0) is 25.2 Å². The molecule has 0 spiro atoms. The van der Waals surface area contributed by atoms with Crippen LogP contribution in [0.1, 0.15) is 5.89 Å². The predicted octanol–water partition coefficient (Wildman–Crippen LogP) is 2.84. The third-order valence-corrected chi connectivity index (χ3v) is 2.70. The Kier molecular flexibility index (Phi) is 3.83. The van der Waals surface area contributed by atoms with Gasteiger partial charge >= 0.3 is 6.01 Å². The van der Waals surface area contributed by atoms with Gasteiger partial charge in [0.25, 0.3) is 0 Å². The zero-order valence-electron chi connectivity index (χ0n) is 9.00. The van der Waals surface area contributed by atoms with Crippen LogP contribution in [0.2, 0.25) is 10.0 Å². The number of nitrogens with one attached hydrogen (secondary N) is 2. The summed E-state index contributed by atoms with van der Waals surface area (Å²) in [5.41, 5.74) is 0.735. The highest BCUT2D eigenvalue weighted by Gasteiger charge is 2.06. The Morgan fingerprint density at radius 1 is 1.24 bits per heavy atom. The first kappa shape index (κ1) is 12.2. The number of halogens is 2. The van der Waals surface area contributed by atoms with Gasteiger partial charge in [0, 0.05) is 5.69 Å². The Morgan fingerprint density at radius 2 is 2.06 bits per heavy atom. The van der Waals surface area contributed by atoms with Crippen LogP contribution in [0.15, 0.2) is 22.6 Å². The van der Waals surface area contributed by atoms with Crippen molar-refractivity contribution >= 4 is 34.9 Å². The minimum Gasteiger partial charge on any atom is -0.406 e. The molecule has 0 saturated heterocycles. The van der Waals surface area contributed by atoms with Gasteiger partial charge < -0.3 is 15.1 Å². The maximum absolute atomic E-state index is 5.89. The molecule has 0 unspecified atom stereocenters. The number of nitrogens with zero attached hydrogens (tertiary/aromatic N) is 2. The van der Waals surface area contributed by atoms with Crippen molar-refractivity contribution in [3.05, 3.63) is 34.1 Å². The van der Waals surface area contributed by atoms with Crippen LogP contribution in [0.5, 0.6) is 0 Å². The summed E-state index contributed by atoms with van der Waals surface area (Å²) in [6.07, 6.45) is 0. The summed E-state index contributed by atoms with van der Waals surface area (Å²) in [5.74, 6) is 0.509. The Hall–Kier alpha value is -1.30. The molecular weight excluding hydrogens is 263 g/mol. The van der Waals surface area contributed by atoms with Crippen LogP contribution in [0.4, 0.5) is 11.7 Å². The van der Waals surface area contributed by atoms with Gasteiger partial charge in [0.1, 0.15) is 0 Å². The van der Waals surface area contributed by atoms with Crippen LogP contribution >= 0.6 is 23.2 Å². The average molecular weight is 273 g/mol. The van der Waals surface area contributed by atoms with E-state index in [1.165, 1.54) is 0 Å². The number of benzene rings is 1. The van der Waals surface area contributed by atoms with Crippen molar-refractivity contribution < 1.29 is 4.42 Å². The number of hydrogen-bond donors (Lipinski definition) is 2. The molecular formula is C10H10Cl2N4O. The average Bonchev–Trinajstić information content (AvgIpc) is 2.72. The minimum atomic E-state index is 0.314. The van der Waals surface area contributed by atoms with Gasteiger partial charge in [0.2, 0.25) is 5.89 Å². The van der Waals surface area contributed by atoms with E-state index >= 15 is 0 Å². The lowest BCUT2D eigenvalue weighted by molar-refractivity contribution is 0.493. The van der Waals surface area contributed by atoms with Crippen LogP contribution in [0.25, 0.3) is 0 Å². The standard InChI is InChI=1S/C10H10Cl2N4O/c1-13-5-9-15-16-10(17-9)14-6-2-3-7(11)8(12)4-6/h2-4,13H,5H2,1H3,(H,14,16). The van der Waals surface area contributed by atoms with Crippen molar-refractivity contribution in [1.29, 1.82) is 0 Å². The molecule has 0 atom stereocenters. The monoisotopic (exact) mass is 272 g/mol. The lowest BCUT2D eigenvalue weighted by atomic mass is 10.3. The summed E-state index contributed by atoms with van der Waals surface area (Å²) in [4.78, 5) is 0. The van der Waals surface area contributed by atoms with Gasteiger partial charge in [-0.2, -0.15) is 0 Å². The maximum atomic E-state index is 5.89. The summed E-state index contributed by atoms with van der Waals surface area (Å²) < 4.78 is 5.33. The molecule has 0 aliphatic heterocycles. The molecule has 17 heavy (non-hydrogen) atoms. The van der Waals surface area contributed by atoms with E-state index in [1.54, 1.807) is 25.2 Å². The number of hydrogen-bond acceptors (Lipinski definition) is 5. The molecule has 7 heteroatoms. The van der Waals surface area contributed by atoms with E-state index in [2.05, 4.69) is 20.8 Å². The SMILES string of the molecule is CNCc1nnc(Nc2ccc(Cl)c(Cl)c2)o1. The van der Waals surface area contributed by atoms with Gasteiger partial charge in [0.05, 0.1) is 16.6 Å². The Morgan fingerprint density at radius 3 is 2.76 bits per heavy atom. The fourth-order valence-corrected chi connectivity index (χ4v) is 1.52. The lowest BCUT2D eigenvalue weighted by Gasteiger charge is -2.02. The smallest absolute Gasteiger partial charge is 0.320 e. The highest BCUT2D eigenvalue weighted by Crippen LogP contribution is 2.26. The molecule has 0 amide bonds. The van der Waals surface area contributed by atoms with Gasteiger partial charge in [-0.25, -0.2) is 0 Å². The van der Waals surface area contributed by atoms with E-state index in [9.17, 15) is 0 Å². The van der Waals surface area contributed by atoms with Gasteiger partial charge in [-0.1, -0.05) is 28.3 Å². The molecule has 1 heterocycles. The van der Waals surface area contributed by atoms with E-state index < -0.39 is 0 Å². The summed E-state index contributed by atoms with van der Waals surface area (Å²) in [5, 5.41) is 14.5. The molecule has 0 aliphatic carbocycles. The van der Waals surface area contributed by atoms with E-state index in [1.807, 2.05) is 0 Å². The third-order valence-electron chi connectivity index (χ3n) is 1.97. The van der Waals surface area contributed by atoms with Crippen molar-refractivity contribution in [1.82, 2.24) is 15.5 Å². The molecule has 90 valence electrons. The normalized spacial score (nSPS) is 10.5. The van der Waals surface area contributed by atoms with Crippen molar-refractivity contribution in [3.8, 4) is 0 Å². The second-order valence-corrected chi connectivity index (χ2v) is 4.10. The molecule has 5 nitrogen and oxygen atoms in total. The largest absolute Gasteiger partial charge is 0.406 e. The van der Waals surface area contributed by atoms with Crippen molar-refractivity contribution in [2.45, 2.75) is 6.54 Å². The van der Waals surface area contributed by atoms with Crippen LogP contribution in [-0.2, 0) is 6.54 Å². The molecule has 2 aromatic rings. The molecule has 0 radical (unpaired) electrons. The quantitative estimate of drug-likeness (QED) is 0.896. The zero-order chi connectivity index (χ0) is 12.3. The Labute approximate surface area is 108 Å². The van der Waals surface area contributed by atoms with Crippen LogP contribution in [0.3, 0.4) is 0 Å². The fraction of sp³-hybridized carbons (Fsp3) is 0.200.